The Morgan fingerprint density at radius 1 is 0.553 bits per heavy atom. The lowest BCUT2D eigenvalue weighted by molar-refractivity contribution is -0.162. The highest BCUT2D eigenvalue weighted by atomic mass is 127. The van der Waals surface area contributed by atoms with Gasteiger partial charge >= 0.3 is 0 Å². The van der Waals surface area contributed by atoms with Gasteiger partial charge < -0.3 is 90.7 Å². The molecule has 1 heterocycles. The van der Waals surface area contributed by atoms with Gasteiger partial charge in [-0.05, 0) is 141 Å². The predicted molar refractivity (Wildman–Crippen MR) is 325 cm³/mol. The first kappa shape index (κ1) is 69.4. The maximum Gasteiger partial charge on any atom is 0.256 e. The molecule has 0 spiro atoms. The Labute approximate surface area is 521 Å². The summed E-state index contributed by atoms with van der Waals surface area (Å²) in [6, 6.07) is 0. The van der Waals surface area contributed by atoms with E-state index >= 15 is 0 Å². The van der Waals surface area contributed by atoms with Gasteiger partial charge in [0, 0.05) is 99.4 Å². The monoisotopic (exact) mass is 1750 g/mol. The smallest absolute Gasteiger partial charge is 0.256 e. The van der Waals surface area contributed by atoms with E-state index in [1.165, 1.54) is 31.4 Å². The second-order valence-corrected chi connectivity index (χ2v) is 23.8. The maximum atomic E-state index is 14.3. The van der Waals surface area contributed by atoms with Gasteiger partial charge in [0.05, 0.1) is 131 Å². The fraction of sp³-hybridized carbons (Fsp3) is 0.609. The van der Waals surface area contributed by atoms with Crippen molar-refractivity contribution in [2.75, 3.05) is 130 Å². The van der Waals surface area contributed by atoms with E-state index in [-0.39, 0.29) is 133 Å². The fourth-order valence-electron chi connectivity index (χ4n) is 8.60. The number of nitrogens with one attached hydrogen (secondary N) is 1. The molecule has 1 aliphatic heterocycles. The first-order valence-corrected chi connectivity index (χ1v) is 30.1. The standard InChI is InChI=1S/C46H64I6N6O18/c1-25(68)58(41-39(51)33(44(73)56(6-14-63)7-15-64)38(50)34(40(41)52)45(74)57(8-16-65)9-17-66)23-27-20-46(75,21-28(24-67)76-27)19-26(69)22-53-30(70)18-29-35(47)31(42(71)54(2-10-59)3-11-60)37(49)32(36(29)48)43(72)55(4-12-61)5-13-62/h26-28,59-67,69,75H,2-24H2,1H3,(H,53,70). The lowest BCUT2D eigenvalue weighted by Crippen LogP contribution is -2.52. The van der Waals surface area contributed by atoms with Gasteiger partial charge in [-0.3, -0.25) is 28.8 Å². The van der Waals surface area contributed by atoms with Gasteiger partial charge in [-0.15, -0.1) is 0 Å². The van der Waals surface area contributed by atoms with E-state index in [0.717, 1.165) is 0 Å². The second kappa shape index (κ2) is 33.9. The third-order valence-corrected chi connectivity index (χ3v) is 18.6. The van der Waals surface area contributed by atoms with E-state index in [2.05, 4.69) is 5.32 Å². The molecular weight excluding hydrogens is 1690 g/mol. The van der Waals surface area contributed by atoms with E-state index < -0.39 is 132 Å². The quantitative estimate of drug-likeness (QED) is 0.0407. The molecule has 1 saturated heterocycles. The number of anilines is 1. The SMILES string of the molecule is CC(=O)N(CC1CC(O)(CC(O)CNC(=O)Cc2c(I)c(C(=O)N(CCO)CCO)c(I)c(C(=O)N(CCO)CCO)c2I)CC(CO)O1)c1c(I)c(C(=O)N(CCO)CCO)c(I)c(C(=O)N(CCO)CCO)c1I. The molecule has 3 rings (SSSR count). The molecule has 6 amide bonds. The van der Waals surface area contributed by atoms with Gasteiger partial charge in [-0.2, -0.15) is 0 Å². The molecule has 0 radical (unpaired) electrons. The Kier molecular flexibility index (Phi) is 31.0. The number of hydrogen-bond acceptors (Lipinski definition) is 18. The van der Waals surface area contributed by atoms with Gasteiger partial charge in [0.15, 0.2) is 0 Å². The summed E-state index contributed by atoms with van der Waals surface area (Å²) in [5.74, 6) is -3.92. The molecule has 2 aromatic rings. The highest BCUT2D eigenvalue weighted by Gasteiger charge is 2.43. The average molecular weight is 1750 g/mol. The Morgan fingerprint density at radius 2 is 0.882 bits per heavy atom. The van der Waals surface area contributed by atoms with Crippen LogP contribution in [0.3, 0.4) is 0 Å². The molecule has 428 valence electrons. The van der Waals surface area contributed by atoms with E-state index in [1.54, 1.807) is 0 Å². The summed E-state index contributed by atoms with van der Waals surface area (Å²) in [6.45, 7) is -5.05. The summed E-state index contributed by atoms with van der Waals surface area (Å²) >= 11 is 11.2. The molecule has 4 unspecified atom stereocenters. The van der Waals surface area contributed by atoms with Crippen molar-refractivity contribution in [2.24, 2.45) is 0 Å². The zero-order valence-corrected chi connectivity index (χ0v) is 54.2. The minimum absolute atomic E-state index is 0.0144. The Bertz CT molecular complexity index is 2230. The molecule has 12 N–H and O–H groups in total. The number of rotatable bonds is 30. The van der Waals surface area contributed by atoms with Crippen LogP contribution >= 0.6 is 136 Å². The van der Waals surface area contributed by atoms with Crippen LogP contribution in [0.15, 0.2) is 0 Å². The third-order valence-electron chi connectivity index (χ3n) is 12.0. The van der Waals surface area contributed by atoms with Crippen LogP contribution in [-0.2, 0) is 20.7 Å². The molecule has 30 heteroatoms. The topological polar surface area (TPSA) is 362 Å². The van der Waals surface area contributed by atoms with Crippen molar-refractivity contribution in [1.82, 2.24) is 24.9 Å². The number of nitrogens with zero attached hydrogens (tertiary/aromatic N) is 5. The largest absolute Gasteiger partial charge is 0.395 e. The van der Waals surface area contributed by atoms with Gasteiger partial charge in [0.2, 0.25) is 11.8 Å². The molecular formula is C46H64I6N6O18. The molecule has 0 aromatic heterocycles. The first-order chi connectivity index (χ1) is 36.0. The van der Waals surface area contributed by atoms with E-state index in [1.807, 2.05) is 136 Å². The summed E-state index contributed by atoms with van der Waals surface area (Å²) in [7, 11) is 0. The summed E-state index contributed by atoms with van der Waals surface area (Å²) in [6.07, 6.45) is -4.70. The van der Waals surface area contributed by atoms with Gasteiger partial charge in [-0.25, -0.2) is 0 Å². The van der Waals surface area contributed by atoms with Crippen LogP contribution in [0.5, 0.6) is 0 Å². The van der Waals surface area contributed by atoms with Crippen molar-refractivity contribution in [3.8, 4) is 0 Å². The number of benzene rings is 2. The van der Waals surface area contributed by atoms with Crippen molar-refractivity contribution >= 4 is 177 Å². The number of amides is 6. The van der Waals surface area contributed by atoms with Crippen LogP contribution in [0.1, 0.15) is 73.2 Å². The number of carbonyl (C=O) groups is 6. The summed E-state index contributed by atoms with van der Waals surface area (Å²) in [5, 5.41) is 115. The molecule has 1 aliphatic rings. The number of carbonyl (C=O) groups excluding carboxylic acids is 6. The number of aliphatic hydroxyl groups is 11. The summed E-state index contributed by atoms with van der Waals surface area (Å²) in [5.41, 5.74) is -1.49. The third kappa shape index (κ3) is 18.1. The fourth-order valence-corrected chi connectivity index (χ4v) is 17.7. The molecule has 24 nitrogen and oxygen atoms in total. The first-order valence-electron chi connectivity index (χ1n) is 23.7. The highest BCUT2D eigenvalue weighted by Crippen LogP contribution is 2.41. The number of halogens is 6. The second-order valence-electron chi connectivity index (χ2n) is 17.3. The van der Waals surface area contributed by atoms with Crippen molar-refractivity contribution in [1.29, 1.82) is 0 Å². The minimum atomic E-state index is -1.78. The Morgan fingerprint density at radius 3 is 1.20 bits per heavy atom. The van der Waals surface area contributed by atoms with Gasteiger partial charge in [0.25, 0.3) is 23.6 Å². The average Bonchev–Trinajstić information content (AvgIpc) is 3.35. The van der Waals surface area contributed by atoms with E-state index in [4.69, 9.17) is 4.74 Å². The molecule has 0 aliphatic carbocycles. The zero-order chi connectivity index (χ0) is 57.2. The molecule has 76 heavy (non-hydrogen) atoms. The van der Waals surface area contributed by atoms with Crippen molar-refractivity contribution in [3.05, 3.63) is 49.2 Å². The lowest BCUT2D eigenvalue weighted by Gasteiger charge is -2.43. The maximum absolute atomic E-state index is 14.3. The van der Waals surface area contributed by atoms with Gasteiger partial charge in [-0.1, -0.05) is 0 Å². The van der Waals surface area contributed by atoms with E-state index in [0.29, 0.717) is 0 Å². The lowest BCUT2D eigenvalue weighted by atomic mass is 9.82. The predicted octanol–water partition coefficient (Wildman–Crippen LogP) is -1.24. The van der Waals surface area contributed by atoms with Crippen LogP contribution in [0.2, 0.25) is 0 Å². The Hall–Kier alpha value is -0.840. The highest BCUT2D eigenvalue weighted by molar-refractivity contribution is 14.1. The minimum Gasteiger partial charge on any atom is -0.395 e. The summed E-state index contributed by atoms with van der Waals surface area (Å²) in [4.78, 5) is 90.3. The zero-order valence-electron chi connectivity index (χ0n) is 41.3. The normalized spacial score (nSPS) is 16.8. The van der Waals surface area contributed by atoms with Crippen molar-refractivity contribution in [2.45, 2.75) is 56.5 Å². The molecule has 2 aromatic carbocycles. The van der Waals surface area contributed by atoms with E-state index in [9.17, 15) is 84.9 Å². The van der Waals surface area contributed by atoms with Gasteiger partial charge in [0.1, 0.15) is 0 Å². The van der Waals surface area contributed by atoms with Crippen LogP contribution < -0.4 is 10.2 Å². The van der Waals surface area contributed by atoms with Crippen molar-refractivity contribution < 1.29 is 89.7 Å². The molecule has 0 bridgehead atoms. The molecule has 1 fully saturated rings. The molecule has 4 atom stereocenters. The van der Waals surface area contributed by atoms with Crippen LogP contribution in [0, 0.1) is 21.4 Å². The van der Waals surface area contributed by atoms with Crippen LogP contribution in [-0.4, -0.2) is 260 Å². The van der Waals surface area contributed by atoms with Crippen molar-refractivity contribution in [3.63, 3.8) is 0 Å². The Balaban J connectivity index is 2.04. The number of aliphatic hydroxyl groups excluding tert-OH is 10. The number of hydrogen-bond donors (Lipinski definition) is 12. The van der Waals surface area contributed by atoms with Crippen LogP contribution in [0.4, 0.5) is 5.69 Å². The molecule has 0 saturated carbocycles. The summed E-state index contributed by atoms with van der Waals surface area (Å²) < 4.78 is 7.50. The number of ether oxygens (including phenoxy) is 1. The van der Waals surface area contributed by atoms with Crippen LogP contribution in [0.25, 0.3) is 0 Å².